The van der Waals surface area contributed by atoms with Crippen LogP contribution >= 0.6 is 0 Å². The number of amidine groups is 1. The van der Waals surface area contributed by atoms with Gasteiger partial charge in [0.2, 0.25) is 0 Å². The third kappa shape index (κ3) is 2.82. The van der Waals surface area contributed by atoms with E-state index in [1.165, 1.54) is 36.6 Å². The molecule has 1 fully saturated rings. The highest BCUT2D eigenvalue weighted by Gasteiger charge is 2.18. The van der Waals surface area contributed by atoms with Gasteiger partial charge in [-0.05, 0) is 30.9 Å². The molecule has 1 aromatic carbocycles. The van der Waals surface area contributed by atoms with Crippen molar-refractivity contribution in [1.82, 2.24) is 4.98 Å². The Kier molecular flexibility index (Phi) is 3.95. The van der Waals surface area contributed by atoms with Crippen LogP contribution in [0.15, 0.2) is 41.5 Å². The van der Waals surface area contributed by atoms with E-state index >= 15 is 0 Å². The molecule has 1 heterocycles. The van der Waals surface area contributed by atoms with Crippen molar-refractivity contribution in [2.45, 2.75) is 32.1 Å². The predicted octanol–water partition coefficient (Wildman–Crippen LogP) is 3.32. The highest BCUT2D eigenvalue weighted by molar-refractivity contribution is 5.83. The first-order valence-electron chi connectivity index (χ1n) is 7.47. The van der Waals surface area contributed by atoms with Gasteiger partial charge in [0.15, 0.2) is 0 Å². The molecular formula is C17H21N3. The first kappa shape index (κ1) is 13.1. The van der Waals surface area contributed by atoms with Crippen LogP contribution in [0.3, 0.4) is 0 Å². The molecule has 0 unspecified atom stereocenters. The first-order chi connectivity index (χ1) is 9.84. The molecule has 2 aromatic rings. The van der Waals surface area contributed by atoms with Gasteiger partial charge in [0, 0.05) is 24.0 Å². The number of hydrogen-bond acceptors (Lipinski definition) is 2. The molecule has 3 rings (SSSR count). The average Bonchev–Trinajstić information content (AvgIpc) is 3.02. The second-order valence-corrected chi connectivity index (χ2v) is 5.53. The third-order valence-electron chi connectivity index (χ3n) is 4.17. The second-order valence-electron chi connectivity index (χ2n) is 5.53. The molecule has 0 saturated heterocycles. The summed E-state index contributed by atoms with van der Waals surface area (Å²) < 4.78 is 0. The molecule has 0 spiro atoms. The summed E-state index contributed by atoms with van der Waals surface area (Å²) in [6, 6.07) is 10.4. The number of rotatable bonds is 4. The lowest BCUT2D eigenvalue weighted by molar-refractivity contribution is 0.715. The van der Waals surface area contributed by atoms with Gasteiger partial charge in [-0.25, -0.2) is 0 Å². The molecule has 0 bridgehead atoms. The molecular weight excluding hydrogens is 246 g/mol. The van der Waals surface area contributed by atoms with Gasteiger partial charge in [-0.15, -0.1) is 0 Å². The third-order valence-corrected chi connectivity index (χ3v) is 4.17. The quantitative estimate of drug-likeness (QED) is 0.682. The van der Waals surface area contributed by atoms with Gasteiger partial charge >= 0.3 is 0 Å². The minimum atomic E-state index is 0.528. The molecule has 0 aliphatic heterocycles. The molecule has 0 atom stereocenters. The predicted molar refractivity (Wildman–Crippen MR) is 83.9 cm³/mol. The average molecular weight is 267 g/mol. The van der Waals surface area contributed by atoms with Crippen LogP contribution in [-0.2, 0) is 6.42 Å². The molecule has 3 heteroatoms. The van der Waals surface area contributed by atoms with E-state index in [1.807, 2.05) is 12.3 Å². The Morgan fingerprint density at radius 2 is 2.00 bits per heavy atom. The number of nitrogens with zero attached hydrogens (tertiary/aromatic N) is 2. The van der Waals surface area contributed by atoms with Crippen molar-refractivity contribution in [3.63, 3.8) is 0 Å². The topological polar surface area (TPSA) is 51.3 Å². The number of pyridine rings is 1. The molecule has 1 saturated carbocycles. The van der Waals surface area contributed by atoms with Crippen molar-refractivity contribution in [3.8, 4) is 0 Å². The standard InChI is InChI=1S/C17H21N3/c18-17(15-5-1-2-6-15)20-12-10-14-8-3-7-13-9-4-11-19-16(13)14/h3-4,7-9,11,15H,1-2,5-6,10,12H2,(H2,18,20). The van der Waals surface area contributed by atoms with Crippen molar-refractivity contribution in [3.05, 3.63) is 42.1 Å². The maximum Gasteiger partial charge on any atom is 0.0968 e. The van der Waals surface area contributed by atoms with Crippen LogP contribution in [0.25, 0.3) is 10.9 Å². The number of hydrogen-bond donors (Lipinski definition) is 1. The summed E-state index contributed by atoms with van der Waals surface area (Å²) in [5, 5.41) is 1.19. The summed E-state index contributed by atoms with van der Waals surface area (Å²) >= 11 is 0. The van der Waals surface area contributed by atoms with Crippen LogP contribution in [-0.4, -0.2) is 17.4 Å². The lowest BCUT2D eigenvalue weighted by atomic mass is 10.1. The number of benzene rings is 1. The minimum Gasteiger partial charge on any atom is -0.387 e. The van der Waals surface area contributed by atoms with E-state index in [0.717, 1.165) is 24.3 Å². The van der Waals surface area contributed by atoms with Crippen LogP contribution in [0.5, 0.6) is 0 Å². The molecule has 20 heavy (non-hydrogen) atoms. The summed E-state index contributed by atoms with van der Waals surface area (Å²) in [5.41, 5.74) is 8.43. The van der Waals surface area contributed by atoms with Crippen molar-refractivity contribution < 1.29 is 0 Å². The Morgan fingerprint density at radius 3 is 2.85 bits per heavy atom. The highest BCUT2D eigenvalue weighted by atomic mass is 14.9. The molecule has 0 amide bonds. The summed E-state index contributed by atoms with van der Waals surface area (Å²) in [6.07, 6.45) is 7.78. The SMILES string of the molecule is NC(=NCCc1cccc2cccnc12)C1CCCC1. The zero-order valence-electron chi connectivity index (χ0n) is 11.8. The molecule has 1 aliphatic carbocycles. The van der Waals surface area contributed by atoms with Gasteiger partial charge in [0.05, 0.1) is 11.4 Å². The van der Waals surface area contributed by atoms with Gasteiger partial charge in [0.1, 0.15) is 0 Å². The Balaban J connectivity index is 1.69. The van der Waals surface area contributed by atoms with Crippen LogP contribution in [0.4, 0.5) is 0 Å². The molecule has 1 aromatic heterocycles. The number of nitrogens with two attached hydrogens (primary N) is 1. The van der Waals surface area contributed by atoms with E-state index in [-0.39, 0.29) is 0 Å². The number of aliphatic imine (C=N–C) groups is 1. The van der Waals surface area contributed by atoms with Crippen molar-refractivity contribution in [2.75, 3.05) is 6.54 Å². The normalized spacial score (nSPS) is 16.9. The van der Waals surface area contributed by atoms with Gasteiger partial charge in [0.25, 0.3) is 0 Å². The van der Waals surface area contributed by atoms with Crippen molar-refractivity contribution in [1.29, 1.82) is 0 Å². The Morgan fingerprint density at radius 1 is 1.20 bits per heavy atom. The number of aromatic nitrogens is 1. The van der Waals surface area contributed by atoms with Crippen LogP contribution < -0.4 is 5.73 Å². The van der Waals surface area contributed by atoms with E-state index in [2.05, 4.69) is 34.2 Å². The molecule has 2 N–H and O–H groups in total. The minimum absolute atomic E-state index is 0.528. The van der Waals surface area contributed by atoms with E-state index in [9.17, 15) is 0 Å². The van der Waals surface area contributed by atoms with Gasteiger partial charge < -0.3 is 5.73 Å². The Bertz CT molecular complexity index is 607. The zero-order valence-corrected chi connectivity index (χ0v) is 11.8. The maximum atomic E-state index is 6.09. The van der Waals surface area contributed by atoms with Crippen LogP contribution in [0.2, 0.25) is 0 Å². The largest absolute Gasteiger partial charge is 0.387 e. The molecule has 3 nitrogen and oxygen atoms in total. The molecule has 0 radical (unpaired) electrons. The van der Waals surface area contributed by atoms with Crippen LogP contribution in [0, 0.1) is 5.92 Å². The molecule has 1 aliphatic rings. The van der Waals surface area contributed by atoms with E-state index in [4.69, 9.17) is 5.73 Å². The lowest BCUT2D eigenvalue weighted by Gasteiger charge is -2.08. The molecule has 104 valence electrons. The van der Waals surface area contributed by atoms with Crippen molar-refractivity contribution >= 4 is 16.7 Å². The Labute approximate surface area is 119 Å². The highest BCUT2D eigenvalue weighted by Crippen LogP contribution is 2.24. The fourth-order valence-electron chi connectivity index (χ4n) is 3.03. The van der Waals surface area contributed by atoms with E-state index < -0.39 is 0 Å². The summed E-state index contributed by atoms with van der Waals surface area (Å²) in [4.78, 5) is 9.05. The maximum absolute atomic E-state index is 6.09. The first-order valence-corrected chi connectivity index (χ1v) is 7.47. The number of fused-ring (bicyclic) bond motifs is 1. The fourth-order valence-corrected chi connectivity index (χ4v) is 3.03. The zero-order chi connectivity index (χ0) is 13.8. The Hall–Kier alpha value is -1.90. The van der Waals surface area contributed by atoms with E-state index in [0.29, 0.717) is 5.92 Å². The lowest BCUT2D eigenvalue weighted by Crippen LogP contribution is -2.21. The summed E-state index contributed by atoms with van der Waals surface area (Å²) in [6.45, 7) is 0.762. The summed E-state index contributed by atoms with van der Waals surface area (Å²) in [7, 11) is 0. The van der Waals surface area contributed by atoms with Crippen LogP contribution in [0.1, 0.15) is 31.2 Å². The summed E-state index contributed by atoms with van der Waals surface area (Å²) in [5.74, 6) is 1.39. The van der Waals surface area contributed by atoms with Gasteiger partial charge in [-0.1, -0.05) is 37.1 Å². The van der Waals surface area contributed by atoms with Gasteiger partial charge in [-0.2, -0.15) is 0 Å². The monoisotopic (exact) mass is 267 g/mol. The number of para-hydroxylation sites is 1. The fraction of sp³-hybridized carbons (Fsp3) is 0.412. The van der Waals surface area contributed by atoms with E-state index in [1.54, 1.807) is 0 Å². The van der Waals surface area contributed by atoms with Gasteiger partial charge in [-0.3, -0.25) is 9.98 Å². The second kappa shape index (κ2) is 6.04. The van der Waals surface area contributed by atoms with Crippen molar-refractivity contribution in [2.24, 2.45) is 16.6 Å². The smallest absolute Gasteiger partial charge is 0.0968 e.